The maximum Gasteiger partial charge on any atom is 0.243 e. The van der Waals surface area contributed by atoms with Gasteiger partial charge in [0.15, 0.2) is 5.78 Å². The normalized spacial score (nSPS) is 10.3. The second-order valence-corrected chi connectivity index (χ2v) is 7.13. The third kappa shape index (κ3) is 7.07. The summed E-state index contributed by atoms with van der Waals surface area (Å²) < 4.78 is 5.56. The molecule has 0 fully saturated rings. The summed E-state index contributed by atoms with van der Waals surface area (Å²) in [4.78, 5) is 35.3. The van der Waals surface area contributed by atoms with Crippen molar-refractivity contribution >= 4 is 23.3 Å². The summed E-state index contributed by atoms with van der Waals surface area (Å²) in [6.45, 7) is 7.72. The van der Waals surface area contributed by atoms with Crippen LogP contribution in [0.5, 0.6) is 5.75 Å². The molecule has 0 aromatic heterocycles. The Morgan fingerprint density at radius 2 is 1.55 bits per heavy atom. The van der Waals surface area contributed by atoms with Crippen LogP contribution in [0.1, 0.15) is 46.8 Å². The first-order valence-electron chi connectivity index (χ1n) is 9.64. The highest BCUT2D eigenvalue weighted by molar-refractivity contribution is 5.96. The van der Waals surface area contributed by atoms with E-state index in [0.29, 0.717) is 24.3 Å². The molecule has 0 radical (unpaired) electrons. The number of nitrogens with one attached hydrogen (secondary N) is 2. The first-order chi connectivity index (χ1) is 13.8. The van der Waals surface area contributed by atoms with Gasteiger partial charge in [-0.25, -0.2) is 0 Å². The van der Waals surface area contributed by atoms with Crippen LogP contribution < -0.4 is 15.4 Å². The molecule has 0 heterocycles. The highest BCUT2D eigenvalue weighted by Gasteiger charge is 2.10. The highest BCUT2D eigenvalue weighted by Crippen LogP contribution is 2.21. The lowest BCUT2D eigenvalue weighted by atomic mass is 10.1. The summed E-state index contributed by atoms with van der Waals surface area (Å²) in [5.74, 6) is 0.201. The topological polar surface area (TPSA) is 84.5 Å². The van der Waals surface area contributed by atoms with E-state index in [1.807, 2.05) is 32.9 Å². The Labute approximate surface area is 171 Å². The van der Waals surface area contributed by atoms with Gasteiger partial charge in [-0.15, -0.1) is 0 Å². The standard InChI is InChI=1S/C23H28N2O4/c1-15-12-16(2)23(17(3)13-15)25-22(28)14-24-21(27)6-5-11-29-20-9-7-19(8-10-20)18(4)26/h7-10,12-13H,5-6,11,14H2,1-4H3,(H,24,27)(H,25,28). The van der Waals surface area contributed by atoms with E-state index in [1.165, 1.54) is 6.92 Å². The summed E-state index contributed by atoms with van der Waals surface area (Å²) in [7, 11) is 0. The fourth-order valence-corrected chi connectivity index (χ4v) is 3.04. The van der Waals surface area contributed by atoms with Crippen molar-refractivity contribution in [3.05, 3.63) is 58.7 Å². The van der Waals surface area contributed by atoms with E-state index in [4.69, 9.17) is 4.74 Å². The monoisotopic (exact) mass is 396 g/mol. The largest absolute Gasteiger partial charge is 0.494 e. The highest BCUT2D eigenvalue weighted by atomic mass is 16.5. The Kier molecular flexibility index (Phi) is 7.95. The van der Waals surface area contributed by atoms with Gasteiger partial charge in [0.05, 0.1) is 13.2 Å². The van der Waals surface area contributed by atoms with E-state index in [1.54, 1.807) is 24.3 Å². The fourth-order valence-electron chi connectivity index (χ4n) is 3.04. The molecule has 0 aliphatic carbocycles. The molecule has 0 aliphatic heterocycles. The van der Waals surface area contributed by atoms with Gasteiger partial charge in [0, 0.05) is 17.7 Å². The number of Topliss-reactive ketones (excluding diaryl/α,β-unsaturated/α-hetero) is 1. The fraction of sp³-hybridized carbons (Fsp3) is 0.348. The molecule has 0 spiro atoms. The SMILES string of the molecule is CC(=O)c1ccc(OCCCC(=O)NCC(=O)Nc2c(C)cc(C)cc2C)cc1. The van der Waals surface area contributed by atoms with Crippen molar-refractivity contribution in [1.82, 2.24) is 5.32 Å². The van der Waals surface area contributed by atoms with Crippen LogP contribution in [0, 0.1) is 20.8 Å². The first-order valence-corrected chi connectivity index (χ1v) is 9.64. The van der Waals surface area contributed by atoms with Crippen LogP contribution in [0.3, 0.4) is 0 Å². The van der Waals surface area contributed by atoms with Crippen LogP contribution in [-0.4, -0.2) is 30.7 Å². The summed E-state index contributed by atoms with van der Waals surface area (Å²) in [6.07, 6.45) is 0.791. The molecule has 2 aromatic carbocycles. The number of amides is 2. The quantitative estimate of drug-likeness (QED) is 0.500. The van der Waals surface area contributed by atoms with Gasteiger partial charge in [-0.2, -0.15) is 0 Å². The number of hydrogen-bond acceptors (Lipinski definition) is 4. The Balaban J connectivity index is 1.68. The molecule has 0 atom stereocenters. The van der Waals surface area contributed by atoms with E-state index in [9.17, 15) is 14.4 Å². The van der Waals surface area contributed by atoms with E-state index >= 15 is 0 Å². The minimum atomic E-state index is -0.254. The summed E-state index contributed by atoms with van der Waals surface area (Å²) in [5, 5.41) is 5.49. The molecule has 0 aliphatic rings. The van der Waals surface area contributed by atoms with Gasteiger partial charge in [0.1, 0.15) is 5.75 Å². The van der Waals surface area contributed by atoms with Crippen molar-refractivity contribution in [2.45, 2.75) is 40.5 Å². The maximum atomic E-state index is 12.1. The molecule has 154 valence electrons. The molecular weight excluding hydrogens is 368 g/mol. The van der Waals surface area contributed by atoms with Gasteiger partial charge in [-0.3, -0.25) is 14.4 Å². The maximum absolute atomic E-state index is 12.1. The van der Waals surface area contributed by atoms with Crippen LogP contribution in [0.25, 0.3) is 0 Å². The lowest BCUT2D eigenvalue weighted by Crippen LogP contribution is -2.33. The van der Waals surface area contributed by atoms with Gasteiger partial charge in [-0.1, -0.05) is 17.7 Å². The van der Waals surface area contributed by atoms with Crippen LogP contribution in [0.2, 0.25) is 0 Å². The Morgan fingerprint density at radius 3 is 2.14 bits per heavy atom. The predicted octanol–water partition coefficient (Wildman–Crippen LogP) is 3.73. The lowest BCUT2D eigenvalue weighted by molar-refractivity contribution is -0.124. The van der Waals surface area contributed by atoms with Crippen molar-refractivity contribution < 1.29 is 19.1 Å². The van der Waals surface area contributed by atoms with Crippen molar-refractivity contribution in [2.75, 3.05) is 18.5 Å². The lowest BCUT2D eigenvalue weighted by Gasteiger charge is -2.13. The number of ketones is 1. The number of hydrogen-bond donors (Lipinski definition) is 2. The van der Waals surface area contributed by atoms with Crippen LogP contribution in [0.15, 0.2) is 36.4 Å². The van der Waals surface area contributed by atoms with Crippen LogP contribution >= 0.6 is 0 Å². The number of anilines is 1. The zero-order chi connectivity index (χ0) is 21.4. The van der Waals surface area contributed by atoms with Gasteiger partial charge in [-0.05, 0) is 69.5 Å². The smallest absolute Gasteiger partial charge is 0.243 e. The molecule has 2 N–H and O–H groups in total. The van der Waals surface area contributed by atoms with Gasteiger partial charge < -0.3 is 15.4 Å². The van der Waals surface area contributed by atoms with Crippen molar-refractivity contribution in [3.63, 3.8) is 0 Å². The second-order valence-electron chi connectivity index (χ2n) is 7.13. The average Bonchev–Trinajstić information content (AvgIpc) is 2.66. The molecule has 2 aromatic rings. The van der Waals surface area contributed by atoms with Crippen LogP contribution in [-0.2, 0) is 9.59 Å². The van der Waals surface area contributed by atoms with Crippen molar-refractivity contribution in [1.29, 1.82) is 0 Å². The number of ether oxygens (including phenoxy) is 1. The molecule has 2 rings (SSSR count). The zero-order valence-corrected chi connectivity index (χ0v) is 17.4. The van der Waals surface area contributed by atoms with E-state index in [-0.39, 0.29) is 30.6 Å². The first kappa shape index (κ1) is 22.1. The molecule has 29 heavy (non-hydrogen) atoms. The van der Waals surface area contributed by atoms with Crippen LogP contribution in [0.4, 0.5) is 5.69 Å². The molecule has 6 heteroatoms. The Hall–Kier alpha value is -3.15. The second kappa shape index (κ2) is 10.4. The summed E-state index contributed by atoms with van der Waals surface area (Å²) in [6, 6.07) is 10.9. The number of carbonyl (C=O) groups is 3. The summed E-state index contributed by atoms with van der Waals surface area (Å²) in [5.41, 5.74) is 4.56. The van der Waals surface area contributed by atoms with Gasteiger partial charge in [0.2, 0.25) is 11.8 Å². The third-order valence-electron chi connectivity index (χ3n) is 4.47. The molecule has 0 bridgehead atoms. The molecule has 2 amide bonds. The minimum absolute atomic E-state index is 0.00459. The molecule has 6 nitrogen and oxygen atoms in total. The van der Waals surface area contributed by atoms with Crippen molar-refractivity contribution in [2.24, 2.45) is 0 Å². The minimum Gasteiger partial charge on any atom is -0.494 e. The summed E-state index contributed by atoms with van der Waals surface area (Å²) >= 11 is 0. The molecule has 0 saturated carbocycles. The number of benzene rings is 2. The van der Waals surface area contributed by atoms with Crippen molar-refractivity contribution in [3.8, 4) is 5.75 Å². The number of carbonyl (C=O) groups excluding carboxylic acids is 3. The zero-order valence-electron chi connectivity index (χ0n) is 17.4. The molecular formula is C23H28N2O4. The van der Waals surface area contributed by atoms with Gasteiger partial charge >= 0.3 is 0 Å². The number of rotatable bonds is 9. The number of aryl methyl sites for hydroxylation is 3. The van der Waals surface area contributed by atoms with E-state index in [2.05, 4.69) is 10.6 Å². The van der Waals surface area contributed by atoms with E-state index < -0.39 is 0 Å². The Morgan fingerprint density at radius 1 is 0.931 bits per heavy atom. The molecule has 0 saturated heterocycles. The predicted molar refractivity (Wildman–Crippen MR) is 113 cm³/mol. The molecule has 0 unspecified atom stereocenters. The van der Waals surface area contributed by atoms with Gasteiger partial charge in [0.25, 0.3) is 0 Å². The third-order valence-corrected chi connectivity index (χ3v) is 4.47. The Bertz CT molecular complexity index is 865. The average molecular weight is 396 g/mol. The van der Waals surface area contributed by atoms with E-state index in [0.717, 1.165) is 22.4 Å².